The first-order valence-electron chi connectivity index (χ1n) is 7.48. The molecule has 0 N–H and O–H groups in total. The van der Waals surface area contributed by atoms with E-state index in [1.54, 1.807) is 6.92 Å². The van der Waals surface area contributed by atoms with Crippen LogP contribution in [-0.4, -0.2) is 45.2 Å². The van der Waals surface area contributed by atoms with Gasteiger partial charge in [-0.05, 0) is 38.0 Å². The van der Waals surface area contributed by atoms with Gasteiger partial charge < -0.3 is 14.5 Å². The van der Waals surface area contributed by atoms with Crippen molar-refractivity contribution in [2.45, 2.75) is 19.8 Å². The third kappa shape index (κ3) is 2.66. The molecule has 2 aliphatic rings. The molecule has 0 aliphatic carbocycles. The van der Waals surface area contributed by atoms with Gasteiger partial charge in [0, 0.05) is 31.7 Å². The second-order valence-corrected chi connectivity index (χ2v) is 5.55. The van der Waals surface area contributed by atoms with E-state index in [2.05, 4.69) is 21.9 Å². The summed E-state index contributed by atoms with van der Waals surface area (Å²) >= 11 is 0. The van der Waals surface area contributed by atoms with Crippen molar-refractivity contribution >= 4 is 17.2 Å². The van der Waals surface area contributed by atoms with E-state index >= 15 is 0 Å². The summed E-state index contributed by atoms with van der Waals surface area (Å²) in [5.74, 6) is 0.138. The molecule has 3 rings (SSSR count). The Bertz CT molecular complexity index is 489. The molecule has 4 heteroatoms. The Hall–Kier alpha value is -1.55. The number of morpholine rings is 1. The van der Waals surface area contributed by atoms with Gasteiger partial charge in [-0.15, -0.1) is 0 Å². The molecule has 0 spiro atoms. The first kappa shape index (κ1) is 13.4. The largest absolute Gasteiger partial charge is 0.378 e. The molecular formula is C16H22N2O2. The molecule has 4 nitrogen and oxygen atoms in total. The maximum absolute atomic E-state index is 11.6. The Morgan fingerprint density at radius 2 is 1.65 bits per heavy atom. The molecule has 0 unspecified atom stereocenters. The molecule has 1 aromatic carbocycles. The quantitative estimate of drug-likeness (QED) is 0.792. The van der Waals surface area contributed by atoms with E-state index < -0.39 is 0 Å². The fraction of sp³-hybridized carbons (Fsp3) is 0.562. The van der Waals surface area contributed by atoms with Crippen molar-refractivity contribution < 1.29 is 9.53 Å². The normalized spacial score (nSPS) is 19.4. The van der Waals surface area contributed by atoms with Gasteiger partial charge in [0.15, 0.2) is 5.78 Å². The lowest BCUT2D eigenvalue weighted by atomic mass is 10.1. The summed E-state index contributed by atoms with van der Waals surface area (Å²) in [7, 11) is 0. The molecule has 0 atom stereocenters. The van der Waals surface area contributed by atoms with Gasteiger partial charge in [0.2, 0.25) is 0 Å². The predicted molar refractivity (Wildman–Crippen MR) is 80.9 cm³/mol. The highest BCUT2D eigenvalue weighted by Gasteiger charge is 2.21. The number of benzene rings is 1. The van der Waals surface area contributed by atoms with Gasteiger partial charge in [-0.3, -0.25) is 4.79 Å². The molecule has 0 amide bonds. The van der Waals surface area contributed by atoms with Crippen LogP contribution in [0.25, 0.3) is 0 Å². The summed E-state index contributed by atoms with van der Waals surface area (Å²) in [6.07, 6.45) is 2.49. The molecule has 0 bridgehead atoms. The number of ether oxygens (including phenoxy) is 1. The Morgan fingerprint density at radius 1 is 1.00 bits per heavy atom. The SMILES string of the molecule is CC(=O)c1ccc(N2CCOCC2)c(N2CCCC2)c1. The molecule has 1 aromatic rings. The molecule has 2 saturated heterocycles. The highest BCUT2D eigenvalue weighted by atomic mass is 16.5. The van der Waals surface area contributed by atoms with Gasteiger partial charge in [-0.1, -0.05) is 0 Å². The fourth-order valence-corrected chi connectivity index (χ4v) is 3.03. The zero-order chi connectivity index (χ0) is 13.9. The topological polar surface area (TPSA) is 32.8 Å². The molecular weight excluding hydrogens is 252 g/mol. The summed E-state index contributed by atoms with van der Waals surface area (Å²) in [6, 6.07) is 6.13. The molecule has 108 valence electrons. The van der Waals surface area contributed by atoms with Crippen LogP contribution in [0.15, 0.2) is 18.2 Å². The van der Waals surface area contributed by atoms with Crippen molar-refractivity contribution in [2.75, 3.05) is 49.2 Å². The smallest absolute Gasteiger partial charge is 0.159 e. The average molecular weight is 274 g/mol. The Kier molecular flexibility index (Phi) is 3.92. The Balaban J connectivity index is 1.96. The van der Waals surface area contributed by atoms with Crippen LogP contribution in [0.2, 0.25) is 0 Å². The van der Waals surface area contributed by atoms with Gasteiger partial charge in [-0.2, -0.15) is 0 Å². The third-order valence-corrected chi connectivity index (χ3v) is 4.18. The van der Waals surface area contributed by atoms with Gasteiger partial charge in [0.1, 0.15) is 0 Å². The highest BCUT2D eigenvalue weighted by Crippen LogP contribution is 2.33. The van der Waals surface area contributed by atoms with Crippen LogP contribution in [0.1, 0.15) is 30.1 Å². The molecule has 20 heavy (non-hydrogen) atoms. The average Bonchev–Trinajstić information content (AvgIpc) is 3.01. The second-order valence-electron chi connectivity index (χ2n) is 5.55. The molecule has 2 aliphatic heterocycles. The highest BCUT2D eigenvalue weighted by molar-refractivity contribution is 5.96. The number of hydrogen-bond acceptors (Lipinski definition) is 4. The number of nitrogens with zero attached hydrogens (tertiary/aromatic N) is 2. The number of hydrogen-bond donors (Lipinski definition) is 0. The summed E-state index contributed by atoms with van der Waals surface area (Å²) in [5.41, 5.74) is 3.28. The van der Waals surface area contributed by atoms with E-state index in [9.17, 15) is 4.79 Å². The minimum Gasteiger partial charge on any atom is -0.378 e. The minimum atomic E-state index is 0.138. The Labute approximate surface area is 120 Å². The Morgan fingerprint density at radius 3 is 2.30 bits per heavy atom. The maximum atomic E-state index is 11.6. The van der Waals surface area contributed by atoms with E-state index in [4.69, 9.17) is 4.74 Å². The third-order valence-electron chi connectivity index (χ3n) is 4.18. The molecule has 2 fully saturated rings. The van der Waals surface area contributed by atoms with Crippen LogP contribution in [-0.2, 0) is 4.74 Å². The van der Waals surface area contributed by atoms with Gasteiger partial charge in [-0.25, -0.2) is 0 Å². The van der Waals surface area contributed by atoms with Crippen molar-refractivity contribution in [3.63, 3.8) is 0 Å². The van der Waals surface area contributed by atoms with E-state index in [0.29, 0.717) is 0 Å². The van der Waals surface area contributed by atoms with Crippen molar-refractivity contribution in [1.82, 2.24) is 0 Å². The van der Waals surface area contributed by atoms with Crippen molar-refractivity contribution in [3.8, 4) is 0 Å². The van der Waals surface area contributed by atoms with E-state index in [1.807, 2.05) is 6.07 Å². The van der Waals surface area contributed by atoms with Crippen molar-refractivity contribution in [2.24, 2.45) is 0 Å². The first-order chi connectivity index (χ1) is 9.75. The van der Waals surface area contributed by atoms with E-state index in [-0.39, 0.29) is 5.78 Å². The monoisotopic (exact) mass is 274 g/mol. The van der Waals surface area contributed by atoms with E-state index in [0.717, 1.165) is 45.0 Å². The number of ketones is 1. The standard InChI is InChI=1S/C16H22N2O2/c1-13(19)14-4-5-15(18-8-10-20-11-9-18)16(12-14)17-6-2-3-7-17/h4-5,12H,2-3,6-11H2,1H3. The molecule has 2 heterocycles. The predicted octanol–water partition coefficient (Wildman–Crippen LogP) is 2.33. The van der Waals surface area contributed by atoms with Gasteiger partial charge >= 0.3 is 0 Å². The van der Waals surface area contributed by atoms with Crippen LogP contribution in [0.4, 0.5) is 11.4 Å². The zero-order valence-corrected chi connectivity index (χ0v) is 12.1. The number of Topliss-reactive ketones (excluding diaryl/α,β-unsaturated/α-hetero) is 1. The summed E-state index contributed by atoms with van der Waals surface area (Å²) in [5, 5.41) is 0. The fourth-order valence-electron chi connectivity index (χ4n) is 3.03. The van der Waals surface area contributed by atoms with Gasteiger partial charge in [0.25, 0.3) is 0 Å². The zero-order valence-electron chi connectivity index (χ0n) is 12.1. The lowest BCUT2D eigenvalue weighted by Crippen LogP contribution is -2.37. The van der Waals surface area contributed by atoms with Crippen LogP contribution in [0.5, 0.6) is 0 Å². The van der Waals surface area contributed by atoms with Crippen LogP contribution < -0.4 is 9.80 Å². The van der Waals surface area contributed by atoms with Crippen LogP contribution in [0.3, 0.4) is 0 Å². The minimum absolute atomic E-state index is 0.138. The molecule has 0 saturated carbocycles. The number of carbonyl (C=O) groups excluding carboxylic acids is 1. The van der Waals surface area contributed by atoms with E-state index in [1.165, 1.54) is 24.2 Å². The summed E-state index contributed by atoms with van der Waals surface area (Å²) in [4.78, 5) is 16.4. The van der Waals surface area contributed by atoms with Crippen molar-refractivity contribution in [1.29, 1.82) is 0 Å². The lowest BCUT2D eigenvalue weighted by Gasteiger charge is -2.33. The van der Waals surface area contributed by atoms with Crippen LogP contribution in [0, 0.1) is 0 Å². The molecule has 0 radical (unpaired) electrons. The second kappa shape index (κ2) is 5.83. The van der Waals surface area contributed by atoms with Crippen LogP contribution >= 0.6 is 0 Å². The summed E-state index contributed by atoms with van der Waals surface area (Å²) < 4.78 is 5.44. The maximum Gasteiger partial charge on any atom is 0.159 e. The first-order valence-corrected chi connectivity index (χ1v) is 7.48. The molecule has 0 aromatic heterocycles. The van der Waals surface area contributed by atoms with Gasteiger partial charge in [0.05, 0.1) is 24.6 Å². The number of rotatable bonds is 3. The number of anilines is 2. The number of carbonyl (C=O) groups is 1. The summed E-state index contributed by atoms with van der Waals surface area (Å²) in [6.45, 7) is 7.26. The van der Waals surface area contributed by atoms with Crippen molar-refractivity contribution in [3.05, 3.63) is 23.8 Å². The lowest BCUT2D eigenvalue weighted by molar-refractivity contribution is 0.101.